The Labute approximate surface area is 262 Å². The van der Waals surface area contributed by atoms with Crippen LogP contribution in [0.5, 0.6) is 5.88 Å². The van der Waals surface area contributed by atoms with Gasteiger partial charge in [0.15, 0.2) is 12.2 Å². The highest BCUT2D eigenvalue weighted by atomic mass is 32.2. The lowest BCUT2D eigenvalue weighted by Gasteiger charge is -2.14. The number of para-hydroxylation sites is 2. The van der Waals surface area contributed by atoms with Gasteiger partial charge >= 0.3 is 0 Å². The Balaban J connectivity index is 0.000000176. The van der Waals surface area contributed by atoms with E-state index in [-0.39, 0.29) is 16.4 Å². The molecule has 5 aromatic rings. The van der Waals surface area contributed by atoms with Crippen LogP contribution < -0.4 is 10.1 Å². The molecule has 236 valence electrons. The first-order valence-electron chi connectivity index (χ1n) is 13.8. The summed E-state index contributed by atoms with van der Waals surface area (Å²) in [6.07, 6.45) is 3.16. The van der Waals surface area contributed by atoms with Crippen molar-refractivity contribution in [2.45, 2.75) is 36.7 Å². The van der Waals surface area contributed by atoms with Crippen molar-refractivity contribution in [3.63, 3.8) is 0 Å². The first-order chi connectivity index (χ1) is 21.4. The van der Waals surface area contributed by atoms with Crippen LogP contribution in [0.15, 0.2) is 111 Å². The lowest BCUT2D eigenvalue weighted by atomic mass is 10.1. The van der Waals surface area contributed by atoms with Crippen molar-refractivity contribution in [1.82, 2.24) is 15.3 Å². The van der Waals surface area contributed by atoms with E-state index in [1.54, 1.807) is 24.3 Å². The maximum atomic E-state index is 10.5. The zero-order valence-electron chi connectivity index (χ0n) is 24.6. The van der Waals surface area contributed by atoms with Gasteiger partial charge in [0.2, 0.25) is 11.8 Å². The zero-order chi connectivity index (χ0) is 32.5. The number of aryl methyl sites for hydroxylation is 2. The van der Waals surface area contributed by atoms with Crippen molar-refractivity contribution < 1.29 is 35.1 Å². The molecule has 3 aromatic carbocycles. The smallest absolute Gasteiger partial charge is 0.294 e. The predicted molar refractivity (Wildman–Crippen MR) is 170 cm³/mol. The molecule has 0 bridgehead atoms. The van der Waals surface area contributed by atoms with E-state index in [4.69, 9.17) is 18.3 Å². The normalized spacial score (nSPS) is 13.1. The molecule has 3 heterocycles. The molecule has 0 saturated carbocycles. The van der Waals surface area contributed by atoms with E-state index in [1.807, 2.05) is 56.3 Å². The lowest BCUT2D eigenvalue weighted by molar-refractivity contribution is 0.257. The van der Waals surface area contributed by atoms with Crippen LogP contribution in [0.1, 0.15) is 29.1 Å². The van der Waals surface area contributed by atoms with E-state index in [2.05, 4.69) is 21.4 Å². The van der Waals surface area contributed by atoms with Crippen molar-refractivity contribution in [1.29, 1.82) is 0 Å². The largest absolute Gasteiger partial charge is 0.468 e. The molecule has 0 atom stereocenters. The molecule has 45 heavy (non-hydrogen) atoms. The molecule has 0 fully saturated rings. The number of benzene rings is 3. The molecule has 3 N–H and O–H groups in total. The summed E-state index contributed by atoms with van der Waals surface area (Å²) in [5.41, 5.74) is 5.76. The molecular formula is C32H33N3O8S2. The molecule has 6 rings (SSSR count). The summed E-state index contributed by atoms with van der Waals surface area (Å²) in [7, 11) is -8.04. The number of nitrogens with zero attached hydrogens (tertiary/aromatic N) is 2. The number of nitrogens with one attached hydrogen (secondary N) is 1. The van der Waals surface area contributed by atoms with Crippen molar-refractivity contribution in [3.05, 3.63) is 120 Å². The number of fused-ring (bicyclic) bond motifs is 1. The Morgan fingerprint density at radius 3 is 1.91 bits per heavy atom. The predicted octanol–water partition coefficient (Wildman–Crippen LogP) is 5.66. The summed E-state index contributed by atoms with van der Waals surface area (Å²) in [4.78, 5) is 8.85. The van der Waals surface area contributed by atoms with Gasteiger partial charge in [-0.2, -0.15) is 16.8 Å². The number of aromatic nitrogens is 2. The third kappa shape index (κ3) is 10.3. The summed E-state index contributed by atoms with van der Waals surface area (Å²) in [5, 5.41) is 3.30. The molecule has 1 aliphatic rings. The number of hydrogen-bond donors (Lipinski definition) is 3. The third-order valence-electron chi connectivity index (χ3n) is 6.44. The molecule has 0 amide bonds. The molecule has 0 aliphatic carbocycles. The van der Waals surface area contributed by atoms with Gasteiger partial charge in [0.05, 0.1) is 15.5 Å². The highest BCUT2D eigenvalue weighted by molar-refractivity contribution is 7.86. The van der Waals surface area contributed by atoms with Gasteiger partial charge in [-0.1, -0.05) is 59.7 Å². The third-order valence-corrected chi connectivity index (χ3v) is 8.17. The Hall–Kier alpha value is -4.40. The van der Waals surface area contributed by atoms with Crippen LogP contribution in [0.4, 0.5) is 0 Å². The second kappa shape index (κ2) is 15.1. The number of hydrogen-bond acceptors (Lipinski definition) is 9. The second-order valence-corrected chi connectivity index (χ2v) is 12.8. The summed E-state index contributed by atoms with van der Waals surface area (Å²) in [6.45, 7) is 5.83. The topological polar surface area (TPSA) is 169 Å². The highest BCUT2D eigenvalue weighted by Gasteiger charge is 2.10. The van der Waals surface area contributed by atoms with E-state index < -0.39 is 20.2 Å². The van der Waals surface area contributed by atoms with Crippen LogP contribution in [-0.4, -0.2) is 49.0 Å². The van der Waals surface area contributed by atoms with Crippen LogP contribution in [0.25, 0.3) is 16.7 Å². The summed E-state index contributed by atoms with van der Waals surface area (Å²) >= 11 is 0. The van der Waals surface area contributed by atoms with Crippen molar-refractivity contribution in [3.8, 4) is 5.88 Å². The van der Waals surface area contributed by atoms with Crippen molar-refractivity contribution in [2.75, 3.05) is 13.1 Å². The van der Waals surface area contributed by atoms with Gasteiger partial charge in [-0.3, -0.25) is 9.11 Å². The standard InChI is InChI=1S/C18H17N3O2.2C7H8O3S/c1-2-6-16-15(4-1)21-18(23-16)12-22-17-7-3-5-14(20-17)13-8-10-19-11-9-13;2*1-6-2-4-7(5-3-6)11(8,9)10/h1-8,19H,9-12H2;2*2-5H,1H3,(H,8,9,10). The molecule has 1 aliphatic heterocycles. The van der Waals surface area contributed by atoms with Gasteiger partial charge in [-0.15, -0.1) is 0 Å². The van der Waals surface area contributed by atoms with Crippen molar-refractivity contribution in [2.24, 2.45) is 0 Å². The molecule has 0 saturated heterocycles. The molecular weight excluding hydrogens is 618 g/mol. The van der Waals surface area contributed by atoms with Gasteiger partial charge in [0.1, 0.15) is 5.52 Å². The SMILES string of the molecule is C1=C(c2cccc(OCc3nc4ccccc4o3)n2)CCNC1.Cc1ccc(S(=O)(=O)O)cc1.Cc1ccc(S(=O)(=O)O)cc1. The fraction of sp³-hybridized carbons (Fsp3) is 0.188. The Bertz CT molecular complexity index is 1860. The number of ether oxygens (including phenoxy) is 1. The molecule has 0 unspecified atom stereocenters. The fourth-order valence-electron chi connectivity index (χ4n) is 4.07. The second-order valence-electron chi connectivity index (χ2n) is 9.98. The summed E-state index contributed by atoms with van der Waals surface area (Å²) < 4.78 is 70.5. The number of rotatable bonds is 6. The maximum absolute atomic E-state index is 10.5. The fourth-order valence-corrected chi connectivity index (χ4v) is 5.03. The number of oxazole rings is 1. The van der Waals surface area contributed by atoms with Gasteiger partial charge in [0, 0.05) is 12.6 Å². The first kappa shape index (κ1) is 33.5. The molecule has 2 aromatic heterocycles. The summed E-state index contributed by atoms with van der Waals surface area (Å²) in [5.74, 6) is 1.14. The van der Waals surface area contributed by atoms with Crippen LogP contribution >= 0.6 is 0 Å². The lowest BCUT2D eigenvalue weighted by Crippen LogP contribution is -2.20. The number of pyridine rings is 1. The van der Waals surface area contributed by atoms with Crippen molar-refractivity contribution >= 4 is 36.9 Å². The van der Waals surface area contributed by atoms with Crippen LogP contribution in [0.3, 0.4) is 0 Å². The molecule has 11 nitrogen and oxygen atoms in total. The first-order valence-corrected chi connectivity index (χ1v) is 16.7. The van der Waals surface area contributed by atoms with Gasteiger partial charge in [0.25, 0.3) is 20.2 Å². The Morgan fingerprint density at radius 1 is 0.778 bits per heavy atom. The van der Waals surface area contributed by atoms with E-state index in [9.17, 15) is 16.8 Å². The van der Waals surface area contributed by atoms with E-state index >= 15 is 0 Å². The van der Waals surface area contributed by atoms with Crippen LogP contribution in [0, 0.1) is 13.8 Å². The quantitative estimate of drug-likeness (QED) is 0.194. The molecule has 0 radical (unpaired) electrons. The zero-order valence-corrected chi connectivity index (χ0v) is 26.3. The molecule has 0 spiro atoms. The average Bonchev–Trinajstić information content (AvgIpc) is 3.44. The monoisotopic (exact) mass is 651 g/mol. The minimum atomic E-state index is -4.02. The Morgan fingerprint density at radius 2 is 1.38 bits per heavy atom. The van der Waals surface area contributed by atoms with Crippen LogP contribution in [0.2, 0.25) is 0 Å². The van der Waals surface area contributed by atoms with Gasteiger partial charge < -0.3 is 14.5 Å². The van der Waals surface area contributed by atoms with E-state index in [1.165, 1.54) is 29.8 Å². The highest BCUT2D eigenvalue weighted by Crippen LogP contribution is 2.21. The van der Waals surface area contributed by atoms with E-state index in [0.717, 1.165) is 47.4 Å². The van der Waals surface area contributed by atoms with Gasteiger partial charge in [-0.25, -0.2) is 9.97 Å². The minimum absolute atomic E-state index is 0.0666. The maximum Gasteiger partial charge on any atom is 0.294 e. The van der Waals surface area contributed by atoms with Crippen LogP contribution in [-0.2, 0) is 26.8 Å². The van der Waals surface area contributed by atoms with Gasteiger partial charge in [-0.05, 0) is 74.9 Å². The Kier molecular flexibility index (Phi) is 11.2. The van der Waals surface area contributed by atoms with E-state index in [0.29, 0.717) is 11.8 Å². The average molecular weight is 652 g/mol. The summed E-state index contributed by atoms with van der Waals surface area (Å²) in [6, 6.07) is 25.5. The molecule has 13 heteroatoms. The minimum Gasteiger partial charge on any atom is -0.468 e.